The van der Waals surface area contributed by atoms with Crippen LogP contribution in [-0.2, 0) is 4.79 Å². The largest absolute Gasteiger partial charge is 0.343 e. The predicted octanol–water partition coefficient (Wildman–Crippen LogP) is 3.53. The number of rotatable bonds is 4. The Kier molecular flexibility index (Phi) is 4.71. The van der Waals surface area contributed by atoms with Crippen molar-refractivity contribution in [2.75, 3.05) is 20.1 Å². The molecule has 3 rings (SSSR count). The van der Waals surface area contributed by atoms with E-state index in [1.807, 2.05) is 60.5 Å². The molecule has 0 radical (unpaired) electrons. The molecule has 1 aromatic heterocycles. The minimum Gasteiger partial charge on any atom is -0.343 e. The van der Waals surface area contributed by atoms with Crippen molar-refractivity contribution in [1.82, 2.24) is 9.80 Å². The molecule has 2 amide bonds. The highest BCUT2D eigenvalue weighted by Gasteiger charge is 2.43. The van der Waals surface area contributed by atoms with E-state index in [0.717, 1.165) is 10.4 Å². The molecular weight excluding hydrogens is 320 g/mol. The van der Waals surface area contributed by atoms with Crippen molar-refractivity contribution in [2.45, 2.75) is 25.8 Å². The fourth-order valence-corrected chi connectivity index (χ4v) is 4.39. The van der Waals surface area contributed by atoms with Gasteiger partial charge in [-0.15, -0.1) is 11.3 Å². The molecule has 2 heterocycles. The maximum absolute atomic E-state index is 13.3. The minimum atomic E-state index is -0.359. The molecule has 0 saturated heterocycles. The number of carbonyl (C=O) groups is 2. The van der Waals surface area contributed by atoms with Gasteiger partial charge in [0.1, 0.15) is 0 Å². The van der Waals surface area contributed by atoms with Crippen LogP contribution < -0.4 is 0 Å². The quantitative estimate of drug-likeness (QED) is 0.853. The minimum absolute atomic E-state index is 0.0207. The number of amides is 2. The number of likely N-dealkylation sites (N-methyl/N-ethyl adjacent to an activating group) is 2. The van der Waals surface area contributed by atoms with Gasteiger partial charge < -0.3 is 9.80 Å². The summed E-state index contributed by atoms with van der Waals surface area (Å²) in [5, 5.41) is 1.99. The van der Waals surface area contributed by atoms with Crippen LogP contribution in [0.15, 0.2) is 41.8 Å². The molecule has 0 fully saturated rings. The lowest BCUT2D eigenvalue weighted by Crippen LogP contribution is -2.46. The molecule has 0 aliphatic carbocycles. The van der Waals surface area contributed by atoms with Gasteiger partial charge in [-0.1, -0.05) is 24.3 Å². The van der Waals surface area contributed by atoms with Gasteiger partial charge in [0.15, 0.2) is 0 Å². The average molecular weight is 342 g/mol. The highest BCUT2D eigenvalue weighted by Crippen LogP contribution is 2.44. The van der Waals surface area contributed by atoms with Crippen LogP contribution in [0, 0.1) is 0 Å². The van der Waals surface area contributed by atoms with Crippen molar-refractivity contribution in [3.05, 3.63) is 57.8 Å². The number of hydrogen-bond donors (Lipinski definition) is 0. The predicted molar refractivity (Wildman–Crippen MR) is 96.3 cm³/mol. The molecule has 126 valence electrons. The highest BCUT2D eigenvalue weighted by molar-refractivity contribution is 7.10. The summed E-state index contributed by atoms with van der Waals surface area (Å²) in [5.74, 6) is -0.291. The Hall–Kier alpha value is -2.14. The lowest BCUT2D eigenvalue weighted by atomic mass is 9.81. The average Bonchev–Trinajstić information content (AvgIpc) is 3.13. The van der Waals surface area contributed by atoms with Crippen molar-refractivity contribution in [1.29, 1.82) is 0 Å². The Bertz CT molecular complexity index is 738. The van der Waals surface area contributed by atoms with Crippen LogP contribution >= 0.6 is 11.3 Å². The Morgan fingerprint density at radius 2 is 1.88 bits per heavy atom. The standard InChI is InChI=1S/C19H22N2O2S/c1-4-21(5-2)19(23)16-13-9-6-7-10-14(13)18(22)20(3)17(16)15-11-8-12-24-15/h6-12,16-17H,4-5H2,1-3H3. The van der Waals surface area contributed by atoms with E-state index in [1.165, 1.54) is 0 Å². The summed E-state index contributed by atoms with van der Waals surface area (Å²) in [7, 11) is 1.80. The molecule has 1 aliphatic heterocycles. The SMILES string of the molecule is CCN(CC)C(=O)C1c2ccccc2C(=O)N(C)C1c1cccs1. The molecular formula is C19H22N2O2S. The number of fused-ring (bicyclic) bond motifs is 1. The normalized spacial score (nSPS) is 20.0. The van der Waals surface area contributed by atoms with Crippen molar-refractivity contribution in [3.63, 3.8) is 0 Å². The molecule has 0 spiro atoms. The zero-order chi connectivity index (χ0) is 17.3. The third kappa shape index (κ3) is 2.63. The van der Waals surface area contributed by atoms with Crippen LogP contribution in [-0.4, -0.2) is 41.8 Å². The first-order valence-electron chi connectivity index (χ1n) is 8.28. The Balaban J connectivity index is 2.16. The van der Waals surface area contributed by atoms with Crippen LogP contribution in [0.4, 0.5) is 0 Å². The highest BCUT2D eigenvalue weighted by atomic mass is 32.1. The van der Waals surface area contributed by atoms with Crippen LogP contribution in [0.1, 0.15) is 46.6 Å². The van der Waals surface area contributed by atoms with E-state index >= 15 is 0 Å². The molecule has 0 saturated carbocycles. The van der Waals surface area contributed by atoms with Gasteiger partial charge in [-0.25, -0.2) is 0 Å². The first-order valence-corrected chi connectivity index (χ1v) is 9.16. The second kappa shape index (κ2) is 6.77. The van der Waals surface area contributed by atoms with Gasteiger partial charge in [0.05, 0.1) is 12.0 Å². The van der Waals surface area contributed by atoms with Gasteiger partial charge in [0.2, 0.25) is 5.91 Å². The Morgan fingerprint density at radius 1 is 1.17 bits per heavy atom. The van der Waals surface area contributed by atoms with Gasteiger partial charge in [0, 0.05) is 30.6 Å². The first kappa shape index (κ1) is 16.7. The van der Waals surface area contributed by atoms with Crippen molar-refractivity contribution >= 4 is 23.2 Å². The van der Waals surface area contributed by atoms with Gasteiger partial charge >= 0.3 is 0 Å². The van der Waals surface area contributed by atoms with E-state index in [4.69, 9.17) is 0 Å². The van der Waals surface area contributed by atoms with E-state index in [0.29, 0.717) is 18.7 Å². The number of thiophene rings is 1. The van der Waals surface area contributed by atoms with Gasteiger partial charge in [-0.2, -0.15) is 0 Å². The van der Waals surface area contributed by atoms with E-state index in [1.54, 1.807) is 23.3 Å². The molecule has 0 bridgehead atoms. The van der Waals surface area contributed by atoms with Gasteiger partial charge in [-0.05, 0) is 36.9 Å². The van der Waals surface area contributed by atoms with Crippen LogP contribution in [0.3, 0.4) is 0 Å². The lowest BCUT2D eigenvalue weighted by Gasteiger charge is -2.40. The molecule has 4 nitrogen and oxygen atoms in total. The maximum Gasteiger partial charge on any atom is 0.254 e. The van der Waals surface area contributed by atoms with Crippen LogP contribution in [0.25, 0.3) is 0 Å². The summed E-state index contributed by atoms with van der Waals surface area (Å²) in [4.78, 5) is 30.7. The summed E-state index contributed by atoms with van der Waals surface area (Å²) >= 11 is 1.59. The molecule has 2 aromatic rings. The van der Waals surface area contributed by atoms with E-state index in [-0.39, 0.29) is 23.8 Å². The smallest absolute Gasteiger partial charge is 0.254 e. The van der Waals surface area contributed by atoms with Gasteiger partial charge in [-0.3, -0.25) is 9.59 Å². The van der Waals surface area contributed by atoms with Crippen LogP contribution in [0.2, 0.25) is 0 Å². The number of carbonyl (C=O) groups excluding carboxylic acids is 2. The molecule has 2 unspecified atom stereocenters. The lowest BCUT2D eigenvalue weighted by molar-refractivity contribution is -0.134. The first-order chi connectivity index (χ1) is 11.6. The molecule has 2 atom stereocenters. The van der Waals surface area contributed by atoms with Crippen molar-refractivity contribution < 1.29 is 9.59 Å². The molecule has 24 heavy (non-hydrogen) atoms. The van der Waals surface area contributed by atoms with Crippen LogP contribution in [0.5, 0.6) is 0 Å². The van der Waals surface area contributed by atoms with E-state index < -0.39 is 0 Å². The van der Waals surface area contributed by atoms with Gasteiger partial charge in [0.25, 0.3) is 5.91 Å². The fraction of sp³-hybridized carbons (Fsp3) is 0.368. The molecule has 0 N–H and O–H groups in total. The molecule has 1 aromatic carbocycles. The van der Waals surface area contributed by atoms with E-state index in [2.05, 4.69) is 0 Å². The number of hydrogen-bond acceptors (Lipinski definition) is 3. The summed E-state index contributed by atoms with van der Waals surface area (Å²) in [5.41, 5.74) is 1.48. The fourth-order valence-electron chi connectivity index (χ4n) is 3.49. The second-order valence-electron chi connectivity index (χ2n) is 5.95. The number of nitrogens with zero attached hydrogens (tertiary/aromatic N) is 2. The Morgan fingerprint density at radius 3 is 2.50 bits per heavy atom. The van der Waals surface area contributed by atoms with Crippen molar-refractivity contribution in [3.8, 4) is 0 Å². The van der Waals surface area contributed by atoms with Crippen molar-refractivity contribution in [2.24, 2.45) is 0 Å². The Labute approximate surface area is 146 Å². The zero-order valence-electron chi connectivity index (χ0n) is 14.2. The third-order valence-corrected chi connectivity index (χ3v) is 5.70. The van der Waals surface area contributed by atoms with E-state index in [9.17, 15) is 9.59 Å². The third-order valence-electron chi connectivity index (χ3n) is 4.76. The topological polar surface area (TPSA) is 40.6 Å². The summed E-state index contributed by atoms with van der Waals surface area (Å²) in [6.45, 7) is 5.32. The molecule has 5 heteroatoms. The molecule has 1 aliphatic rings. The summed E-state index contributed by atoms with van der Waals surface area (Å²) < 4.78 is 0. The summed E-state index contributed by atoms with van der Waals surface area (Å²) in [6.07, 6.45) is 0. The number of benzene rings is 1. The maximum atomic E-state index is 13.3. The monoisotopic (exact) mass is 342 g/mol. The summed E-state index contributed by atoms with van der Waals surface area (Å²) in [6, 6.07) is 11.2. The second-order valence-corrected chi connectivity index (χ2v) is 6.93. The zero-order valence-corrected chi connectivity index (χ0v) is 15.0.